The largest absolute Gasteiger partial charge is 0.597 e. The van der Waals surface area contributed by atoms with Crippen molar-refractivity contribution in [1.29, 1.82) is 0 Å². The fourth-order valence-electron chi connectivity index (χ4n) is 0.602. The summed E-state index contributed by atoms with van der Waals surface area (Å²) in [6.07, 6.45) is 0. The summed E-state index contributed by atoms with van der Waals surface area (Å²) in [5, 5.41) is 29.5. The van der Waals surface area contributed by atoms with E-state index in [4.69, 9.17) is 10.3 Å². The molecule has 60 valence electrons. The quantitative estimate of drug-likeness (QED) is 0.344. The van der Waals surface area contributed by atoms with Crippen LogP contribution in [0.15, 0.2) is 5.28 Å². The van der Waals surface area contributed by atoms with Crippen LogP contribution in [0.5, 0.6) is 0 Å². The summed E-state index contributed by atoms with van der Waals surface area (Å²) in [6, 6.07) is -0.648. The van der Waals surface area contributed by atoms with Crippen molar-refractivity contribution in [2.24, 2.45) is 11.2 Å². The lowest BCUT2D eigenvalue weighted by atomic mass is 10.1. The van der Waals surface area contributed by atoms with Crippen LogP contribution in [0.3, 0.4) is 0 Å². The molecule has 10 heavy (non-hydrogen) atoms. The van der Waals surface area contributed by atoms with Gasteiger partial charge in [-0.1, -0.05) is 18.7 Å². The maximum Gasteiger partial charge on any atom is 0.218 e. The molecule has 0 fully saturated rings. The number of aliphatic hydroxyl groups excluding tert-OH is 1. The van der Waals surface area contributed by atoms with Gasteiger partial charge in [0.25, 0.3) is 0 Å². The first-order chi connectivity index (χ1) is 4.63. The average molecular weight is 148 g/mol. The molecule has 0 heterocycles. The first kappa shape index (κ1) is 9.16. The van der Waals surface area contributed by atoms with Crippen molar-refractivity contribution in [3.05, 3.63) is 5.21 Å². The summed E-state index contributed by atoms with van der Waals surface area (Å²) >= 11 is 0. The van der Waals surface area contributed by atoms with Gasteiger partial charge in [0.05, 0.1) is 0 Å². The number of nitrogens with zero attached hydrogens (tertiary/aromatic N) is 2. The summed E-state index contributed by atoms with van der Waals surface area (Å²) < 4.78 is 0. The third-order valence-electron chi connectivity index (χ3n) is 1.33. The molecule has 0 saturated carbocycles. The lowest BCUT2D eigenvalue weighted by molar-refractivity contribution is -0.600. The second kappa shape index (κ2) is 4.05. The number of rotatable bonds is 3. The monoisotopic (exact) mass is 148 g/mol. The zero-order chi connectivity index (χ0) is 8.15. The molecule has 0 aliphatic rings. The van der Waals surface area contributed by atoms with Gasteiger partial charge in [0.15, 0.2) is 5.28 Å². The van der Waals surface area contributed by atoms with Crippen molar-refractivity contribution in [3.63, 3.8) is 0 Å². The molecule has 0 spiro atoms. The molecule has 0 aliphatic carbocycles. The molecule has 0 aliphatic heterocycles. The Hall–Kier alpha value is -0.840. The van der Waals surface area contributed by atoms with Gasteiger partial charge in [-0.25, -0.2) is 0 Å². The van der Waals surface area contributed by atoms with Crippen LogP contribution in [0, 0.1) is 11.1 Å². The maximum atomic E-state index is 10.5. The predicted octanol–water partition coefficient (Wildman–Crippen LogP) is 0.355. The molecular formula is C5H12N2O3. The smallest absolute Gasteiger partial charge is 0.218 e. The third-order valence-corrected chi connectivity index (χ3v) is 1.33. The van der Waals surface area contributed by atoms with Crippen LogP contribution < -0.4 is 0 Å². The number of hydrogen-bond acceptors (Lipinski definition) is 3. The summed E-state index contributed by atoms with van der Waals surface area (Å²) in [5.74, 6) is -0.0293. The molecule has 0 aromatic rings. The molecule has 0 aromatic heterocycles. The van der Waals surface area contributed by atoms with E-state index in [0.29, 0.717) is 0 Å². The topological polar surface area (TPSA) is 78.9 Å². The molecule has 0 unspecified atom stereocenters. The van der Waals surface area contributed by atoms with E-state index in [1.165, 1.54) is 0 Å². The number of hydrogen-bond donors (Lipinski definition) is 2. The van der Waals surface area contributed by atoms with Crippen LogP contribution in [0.25, 0.3) is 0 Å². The third kappa shape index (κ3) is 2.18. The van der Waals surface area contributed by atoms with Crippen molar-refractivity contribution in [1.82, 2.24) is 0 Å². The van der Waals surface area contributed by atoms with Gasteiger partial charge in [-0.15, -0.1) is 0 Å². The Labute approximate surface area is 59.1 Å². The molecule has 5 nitrogen and oxygen atoms in total. The van der Waals surface area contributed by atoms with Crippen LogP contribution in [0.2, 0.25) is 0 Å². The van der Waals surface area contributed by atoms with E-state index in [9.17, 15) is 5.21 Å². The Morgan fingerprint density at radius 2 is 2.10 bits per heavy atom. The molecule has 1 atom stereocenters. The van der Waals surface area contributed by atoms with Crippen molar-refractivity contribution in [2.45, 2.75) is 19.9 Å². The van der Waals surface area contributed by atoms with Crippen LogP contribution in [0.4, 0.5) is 0 Å². The Kier molecular flexibility index (Phi) is 3.71. The minimum Gasteiger partial charge on any atom is -0.597 e. The van der Waals surface area contributed by atoms with E-state index >= 15 is 0 Å². The Morgan fingerprint density at radius 1 is 1.60 bits per heavy atom. The Balaban J connectivity index is 4.07. The molecule has 0 amide bonds. The number of aliphatic hydroxyl groups is 1. The first-order valence-corrected chi connectivity index (χ1v) is 3.05. The van der Waals surface area contributed by atoms with Gasteiger partial charge in [0, 0.05) is 5.92 Å². The van der Waals surface area contributed by atoms with E-state index in [1.807, 2.05) is 0 Å². The molecule has 0 saturated heterocycles. The van der Waals surface area contributed by atoms with Crippen molar-refractivity contribution in [2.75, 3.05) is 6.61 Å². The van der Waals surface area contributed by atoms with Gasteiger partial charge < -0.3 is 15.5 Å². The average Bonchev–Trinajstić information content (AvgIpc) is 1.88. The molecule has 0 aromatic carbocycles. The highest BCUT2D eigenvalue weighted by atomic mass is 16.6. The highest BCUT2D eigenvalue weighted by molar-refractivity contribution is 4.56. The molecular weight excluding hydrogens is 136 g/mol. The second-order valence-electron chi connectivity index (χ2n) is 2.39. The first-order valence-electron chi connectivity index (χ1n) is 3.05. The maximum absolute atomic E-state index is 10.5. The highest BCUT2D eigenvalue weighted by Gasteiger charge is 2.21. The van der Waals surface area contributed by atoms with E-state index in [0.717, 1.165) is 0 Å². The van der Waals surface area contributed by atoms with Gasteiger partial charge in [0.2, 0.25) is 6.04 Å². The highest BCUT2D eigenvalue weighted by Crippen LogP contribution is 2.04. The standard InChI is InChI=1S/C5H12N2O3/c1-4(2)5(3-8)7(10)6-9/h4-5,8-9H,3H2,1-2H3/t5-/m0/s1. The molecule has 5 heteroatoms. The van der Waals surface area contributed by atoms with Gasteiger partial charge in [-0.3, -0.25) is 0 Å². The molecule has 0 radical (unpaired) electrons. The van der Waals surface area contributed by atoms with Crippen LogP contribution in [-0.2, 0) is 0 Å². The predicted molar refractivity (Wildman–Crippen MR) is 33.6 cm³/mol. The van der Waals surface area contributed by atoms with Crippen molar-refractivity contribution < 1.29 is 15.2 Å². The van der Waals surface area contributed by atoms with E-state index in [-0.39, 0.29) is 17.4 Å². The normalized spacial score (nSPS) is 15.8. The number of hydroxylamine groups is 1. The summed E-state index contributed by atoms with van der Waals surface area (Å²) in [6.45, 7) is 3.22. The zero-order valence-electron chi connectivity index (χ0n) is 6.06. The second-order valence-corrected chi connectivity index (χ2v) is 2.39. The van der Waals surface area contributed by atoms with Gasteiger partial charge in [0.1, 0.15) is 6.61 Å². The van der Waals surface area contributed by atoms with Gasteiger partial charge in [-0.05, 0) is 0 Å². The molecule has 0 bridgehead atoms. The lowest BCUT2D eigenvalue weighted by Gasteiger charge is -2.12. The minimum atomic E-state index is -0.648. The lowest BCUT2D eigenvalue weighted by Crippen LogP contribution is -2.29. The SMILES string of the molecule is CC(C)[C@H](CO)[N+]([O-])=NO. The van der Waals surface area contributed by atoms with Crippen molar-refractivity contribution >= 4 is 0 Å². The van der Waals surface area contributed by atoms with E-state index in [2.05, 4.69) is 5.28 Å². The fraction of sp³-hybridized carbons (Fsp3) is 1.00. The summed E-state index contributed by atoms with van der Waals surface area (Å²) in [4.78, 5) is 0.102. The van der Waals surface area contributed by atoms with E-state index < -0.39 is 6.04 Å². The van der Waals surface area contributed by atoms with Gasteiger partial charge >= 0.3 is 0 Å². The molecule has 0 rings (SSSR count). The van der Waals surface area contributed by atoms with Crippen LogP contribution in [0.1, 0.15) is 13.8 Å². The zero-order valence-corrected chi connectivity index (χ0v) is 6.06. The van der Waals surface area contributed by atoms with Crippen LogP contribution >= 0.6 is 0 Å². The Morgan fingerprint density at radius 3 is 2.20 bits per heavy atom. The summed E-state index contributed by atoms with van der Waals surface area (Å²) in [5.41, 5.74) is 0. The van der Waals surface area contributed by atoms with Crippen molar-refractivity contribution in [3.8, 4) is 0 Å². The van der Waals surface area contributed by atoms with Crippen LogP contribution in [-0.4, -0.2) is 27.8 Å². The fourth-order valence-corrected chi connectivity index (χ4v) is 0.602. The van der Waals surface area contributed by atoms with E-state index in [1.54, 1.807) is 13.8 Å². The Bertz CT molecular complexity index is 124. The minimum absolute atomic E-state index is 0.0293. The van der Waals surface area contributed by atoms with Gasteiger partial charge in [-0.2, -0.15) is 0 Å². The summed E-state index contributed by atoms with van der Waals surface area (Å²) in [7, 11) is 0. The molecule has 2 N–H and O–H groups in total.